The molecule has 0 bridgehead atoms. The Labute approximate surface area is 202 Å². The molecule has 0 fully saturated rings. The summed E-state index contributed by atoms with van der Waals surface area (Å²) in [7, 11) is -1.63. The highest BCUT2D eigenvalue weighted by Gasteiger charge is 2.39. The van der Waals surface area contributed by atoms with Crippen molar-refractivity contribution in [1.29, 1.82) is 0 Å². The molecule has 1 N–H and O–H groups in total. The van der Waals surface area contributed by atoms with Crippen LogP contribution >= 0.6 is 7.60 Å². The number of benzene rings is 3. The average molecular weight is 484 g/mol. The first kappa shape index (κ1) is 26.1. The molecule has 7 heteroatoms. The van der Waals surface area contributed by atoms with E-state index in [9.17, 15) is 4.57 Å². The maximum Gasteiger partial charge on any atom is 0.344 e. The van der Waals surface area contributed by atoms with Gasteiger partial charge in [0.15, 0.2) is 0 Å². The molecule has 0 aliphatic carbocycles. The van der Waals surface area contributed by atoms with Crippen molar-refractivity contribution in [2.24, 2.45) is 0 Å². The van der Waals surface area contributed by atoms with Crippen LogP contribution in [0.5, 0.6) is 5.75 Å². The summed E-state index contributed by atoms with van der Waals surface area (Å²) in [6.07, 6.45) is -0.449. The number of rotatable bonds is 13. The Kier molecular flexibility index (Phi) is 9.45. The lowest BCUT2D eigenvalue weighted by Crippen LogP contribution is -2.41. The average Bonchev–Trinajstić information content (AvgIpc) is 2.87. The van der Waals surface area contributed by atoms with Crippen LogP contribution in [0.15, 0.2) is 84.9 Å². The van der Waals surface area contributed by atoms with Gasteiger partial charge in [0, 0.05) is 0 Å². The smallest absolute Gasteiger partial charge is 0.344 e. The normalized spacial score (nSPS) is 12.9. The van der Waals surface area contributed by atoms with Crippen LogP contribution in [0.2, 0.25) is 0 Å². The van der Waals surface area contributed by atoms with E-state index in [1.54, 1.807) is 21.0 Å². The molecule has 34 heavy (non-hydrogen) atoms. The topological polar surface area (TPSA) is 66.0 Å². The summed E-state index contributed by atoms with van der Waals surface area (Å²) in [5, 5.41) is 3.22. The minimum Gasteiger partial charge on any atom is -0.497 e. The van der Waals surface area contributed by atoms with Crippen molar-refractivity contribution in [1.82, 2.24) is 5.32 Å². The lowest BCUT2D eigenvalue weighted by Gasteiger charge is -2.38. The fourth-order valence-electron chi connectivity index (χ4n) is 3.94. The maximum atomic E-state index is 13.0. The summed E-state index contributed by atoms with van der Waals surface area (Å²) in [4.78, 5) is 0. The molecule has 3 rings (SSSR count). The van der Waals surface area contributed by atoms with Gasteiger partial charge >= 0.3 is 7.60 Å². The van der Waals surface area contributed by atoms with Gasteiger partial charge in [-0.05, 0) is 49.6 Å². The zero-order valence-corrected chi connectivity index (χ0v) is 21.2. The molecular weight excluding hydrogens is 449 g/mol. The summed E-state index contributed by atoms with van der Waals surface area (Å²) < 4.78 is 36.1. The predicted molar refractivity (Wildman–Crippen MR) is 135 cm³/mol. The second-order valence-electron chi connectivity index (χ2n) is 7.71. The summed E-state index contributed by atoms with van der Waals surface area (Å²) in [6.45, 7) is 6.10. The van der Waals surface area contributed by atoms with E-state index in [0.717, 1.165) is 22.4 Å². The molecule has 1 unspecified atom stereocenters. The van der Waals surface area contributed by atoms with E-state index in [4.69, 9.17) is 18.5 Å². The molecule has 3 aromatic rings. The van der Waals surface area contributed by atoms with Gasteiger partial charge in [0.1, 0.15) is 23.9 Å². The van der Waals surface area contributed by atoms with Crippen LogP contribution in [0.1, 0.15) is 37.5 Å². The molecule has 0 aliphatic rings. The van der Waals surface area contributed by atoms with E-state index in [1.807, 2.05) is 67.6 Å². The van der Waals surface area contributed by atoms with E-state index in [1.165, 1.54) is 0 Å². The van der Waals surface area contributed by atoms with Gasteiger partial charge in [-0.3, -0.25) is 9.88 Å². The number of hydrogen-bond acceptors (Lipinski definition) is 6. The molecule has 0 radical (unpaired) electrons. The van der Waals surface area contributed by atoms with Gasteiger partial charge in [-0.1, -0.05) is 72.8 Å². The van der Waals surface area contributed by atoms with Crippen LogP contribution in [-0.4, -0.2) is 32.8 Å². The number of hydrogen-bond donors (Lipinski definition) is 1. The molecule has 0 saturated heterocycles. The molecular formula is C27H34NO5P. The SMILES string of the molecule is CCOP(=O)(CNC(C)OC(c1ccccc1)(c1ccccc1)c1ccc(OC)cc1)OCC. The molecule has 0 spiro atoms. The Balaban J connectivity index is 2.04. The third kappa shape index (κ3) is 6.15. The Hall–Kier alpha value is -2.47. The minimum absolute atomic E-state index is 0.0398. The Bertz CT molecular complexity index is 994. The Morgan fingerprint density at radius 2 is 1.26 bits per heavy atom. The fourth-order valence-corrected chi connectivity index (χ4v) is 5.47. The molecule has 1 atom stereocenters. The van der Waals surface area contributed by atoms with Crippen molar-refractivity contribution in [3.8, 4) is 5.75 Å². The van der Waals surface area contributed by atoms with Crippen molar-refractivity contribution >= 4 is 7.60 Å². The molecule has 182 valence electrons. The van der Waals surface area contributed by atoms with E-state index in [0.29, 0.717) is 13.2 Å². The highest BCUT2D eigenvalue weighted by atomic mass is 31.2. The first-order valence-corrected chi connectivity index (χ1v) is 13.2. The van der Waals surface area contributed by atoms with Gasteiger partial charge in [0.2, 0.25) is 0 Å². The largest absolute Gasteiger partial charge is 0.497 e. The number of nitrogens with one attached hydrogen (secondary N) is 1. The van der Waals surface area contributed by atoms with Crippen LogP contribution in [0.4, 0.5) is 0 Å². The standard InChI is InChI=1S/C27H34NO5P/c1-5-31-34(29,32-6-2)21-28-22(3)33-27(23-13-9-7-10-14-23,24-15-11-8-12-16-24)25-17-19-26(30-4)20-18-25/h7-20,22,28H,5-6,21H2,1-4H3. The van der Waals surface area contributed by atoms with Crippen molar-refractivity contribution < 1.29 is 23.1 Å². The Morgan fingerprint density at radius 3 is 1.71 bits per heavy atom. The zero-order valence-electron chi connectivity index (χ0n) is 20.3. The van der Waals surface area contributed by atoms with Crippen LogP contribution < -0.4 is 10.1 Å². The van der Waals surface area contributed by atoms with E-state index in [2.05, 4.69) is 29.6 Å². The summed E-state index contributed by atoms with van der Waals surface area (Å²) in [5.41, 5.74) is 1.95. The van der Waals surface area contributed by atoms with Gasteiger partial charge in [0.25, 0.3) is 0 Å². The van der Waals surface area contributed by atoms with Crippen LogP contribution in [0, 0.1) is 0 Å². The van der Waals surface area contributed by atoms with Gasteiger partial charge in [-0.15, -0.1) is 0 Å². The second-order valence-corrected chi connectivity index (χ2v) is 9.76. The minimum atomic E-state index is -3.27. The molecule has 3 aromatic carbocycles. The van der Waals surface area contributed by atoms with E-state index < -0.39 is 19.4 Å². The van der Waals surface area contributed by atoms with Crippen molar-refractivity contribution in [2.75, 3.05) is 26.6 Å². The van der Waals surface area contributed by atoms with Crippen molar-refractivity contribution in [3.63, 3.8) is 0 Å². The van der Waals surface area contributed by atoms with E-state index >= 15 is 0 Å². The third-order valence-corrected chi connectivity index (χ3v) is 7.31. The number of methoxy groups -OCH3 is 1. The van der Waals surface area contributed by atoms with Gasteiger partial charge < -0.3 is 18.5 Å². The molecule has 0 amide bonds. The quantitative estimate of drug-likeness (QED) is 0.178. The van der Waals surface area contributed by atoms with Gasteiger partial charge in [-0.25, -0.2) is 0 Å². The summed E-state index contributed by atoms with van der Waals surface area (Å²) >= 11 is 0. The second kappa shape index (κ2) is 12.3. The van der Waals surface area contributed by atoms with E-state index in [-0.39, 0.29) is 6.29 Å². The van der Waals surface area contributed by atoms with Crippen molar-refractivity contribution in [3.05, 3.63) is 102 Å². The van der Waals surface area contributed by atoms with Gasteiger partial charge in [0.05, 0.1) is 20.3 Å². The molecule has 0 aromatic heterocycles. The third-order valence-electron chi connectivity index (χ3n) is 5.43. The summed E-state index contributed by atoms with van der Waals surface area (Å²) in [6, 6.07) is 28.0. The molecule has 0 saturated carbocycles. The van der Waals surface area contributed by atoms with Crippen LogP contribution in [0.3, 0.4) is 0 Å². The summed E-state index contributed by atoms with van der Waals surface area (Å²) in [5.74, 6) is 0.763. The lowest BCUT2D eigenvalue weighted by atomic mass is 9.80. The lowest BCUT2D eigenvalue weighted by molar-refractivity contribution is -0.0524. The first-order valence-electron chi connectivity index (χ1n) is 11.5. The zero-order chi connectivity index (χ0) is 24.4. The Morgan fingerprint density at radius 1 is 0.794 bits per heavy atom. The maximum absolute atomic E-state index is 13.0. The predicted octanol–water partition coefficient (Wildman–Crippen LogP) is 6.16. The molecule has 0 heterocycles. The fraction of sp³-hybridized carbons (Fsp3) is 0.333. The first-order chi connectivity index (χ1) is 16.5. The van der Waals surface area contributed by atoms with Crippen LogP contribution in [-0.2, 0) is 24.0 Å². The van der Waals surface area contributed by atoms with Crippen molar-refractivity contribution in [2.45, 2.75) is 32.6 Å². The molecule has 6 nitrogen and oxygen atoms in total. The highest BCUT2D eigenvalue weighted by Crippen LogP contribution is 2.47. The highest BCUT2D eigenvalue weighted by molar-refractivity contribution is 7.53. The van der Waals surface area contributed by atoms with Crippen LogP contribution in [0.25, 0.3) is 0 Å². The number of ether oxygens (including phenoxy) is 2. The van der Waals surface area contributed by atoms with Gasteiger partial charge in [-0.2, -0.15) is 0 Å². The monoisotopic (exact) mass is 483 g/mol. The molecule has 0 aliphatic heterocycles.